The van der Waals surface area contributed by atoms with E-state index >= 15 is 0 Å². The van der Waals surface area contributed by atoms with Crippen molar-refractivity contribution >= 4 is 5.91 Å². The molecule has 3 heterocycles. The summed E-state index contributed by atoms with van der Waals surface area (Å²) in [6.45, 7) is 2.19. The number of aryl methyl sites for hydroxylation is 2. The molecule has 2 aromatic heterocycles. The van der Waals surface area contributed by atoms with Crippen LogP contribution in [0.15, 0.2) is 6.20 Å². The number of nitrogens with one attached hydrogen (secondary N) is 1. The average Bonchev–Trinajstić information content (AvgIpc) is 3.00. The van der Waals surface area contributed by atoms with E-state index in [1.807, 2.05) is 17.9 Å². The minimum absolute atomic E-state index is 0.293. The Kier molecular flexibility index (Phi) is 3.23. The maximum absolute atomic E-state index is 11.0. The zero-order valence-corrected chi connectivity index (χ0v) is 11.3. The largest absolute Gasteiger partial charge is 0.370 e. The first-order valence-corrected chi connectivity index (χ1v) is 6.59. The number of rotatable bonds is 4. The van der Waals surface area contributed by atoms with Crippen molar-refractivity contribution in [1.29, 1.82) is 0 Å². The molecule has 0 aliphatic carbocycles. The Morgan fingerprint density at radius 1 is 1.55 bits per heavy atom. The van der Waals surface area contributed by atoms with E-state index in [0.29, 0.717) is 13.0 Å². The van der Waals surface area contributed by atoms with E-state index in [2.05, 4.69) is 20.7 Å². The van der Waals surface area contributed by atoms with Gasteiger partial charge in [-0.15, -0.1) is 5.10 Å². The number of fused-ring (bicyclic) bond motifs is 1. The first kappa shape index (κ1) is 12.8. The maximum Gasteiger partial charge on any atom is 0.219 e. The number of amides is 1. The fourth-order valence-electron chi connectivity index (χ4n) is 2.48. The predicted molar refractivity (Wildman–Crippen MR) is 71.4 cm³/mol. The molecule has 8 heteroatoms. The molecule has 20 heavy (non-hydrogen) atoms. The summed E-state index contributed by atoms with van der Waals surface area (Å²) < 4.78 is 3.53. The summed E-state index contributed by atoms with van der Waals surface area (Å²) in [7, 11) is 1.82. The molecular weight excluding hydrogens is 258 g/mol. The van der Waals surface area contributed by atoms with Gasteiger partial charge >= 0.3 is 0 Å². The van der Waals surface area contributed by atoms with Crippen molar-refractivity contribution in [3.05, 3.63) is 17.5 Å². The van der Waals surface area contributed by atoms with Gasteiger partial charge in [0.2, 0.25) is 5.91 Å². The maximum atomic E-state index is 11.0. The number of hydrogen-bond acceptors (Lipinski definition) is 5. The summed E-state index contributed by atoms with van der Waals surface area (Å²) in [6.07, 6.45) is 3.03. The Morgan fingerprint density at radius 3 is 3.10 bits per heavy atom. The molecule has 1 aliphatic rings. The van der Waals surface area contributed by atoms with Crippen LogP contribution in [0.5, 0.6) is 0 Å². The van der Waals surface area contributed by atoms with Gasteiger partial charge in [0, 0.05) is 50.8 Å². The fourth-order valence-corrected chi connectivity index (χ4v) is 2.48. The molecule has 2 aromatic rings. The number of nitrogens with two attached hydrogens (primary N) is 1. The average molecular weight is 275 g/mol. The summed E-state index contributed by atoms with van der Waals surface area (Å²) in [6, 6.07) is 0. The highest BCUT2D eigenvalue weighted by Gasteiger charge is 2.23. The molecule has 8 nitrogen and oxygen atoms in total. The van der Waals surface area contributed by atoms with Gasteiger partial charge in [-0.05, 0) is 0 Å². The quantitative estimate of drug-likeness (QED) is 0.760. The van der Waals surface area contributed by atoms with E-state index in [0.717, 1.165) is 42.2 Å². The molecular formula is C12H17N7O. The Bertz CT molecular complexity index is 642. The van der Waals surface area contributed by atoms with Crippen molar-refractivity contribution in [1.82, 2.24) is 30.1 Å². The number of hydrogen-bond donors (Lipinski definition) is 2. The van der Waals surface area contributed by atoms with Crippen LogP contribution in [0.25, 0.3) is 11.4 Å². The van der Waals surface area contributed by atoms with Gasteiger partial charge < -0.3 is 11.1 Å². The SMILES string of the molecule is Cn1cc(-c2nn(CCC(N)=O)c3c2CNCC3)nn1. The highest BCUT2D eigenvalue weighted by atomic mass is 16.1. The van der Waals surface area contributed by atoms with Crippen LogP contribution < -0.4 is 11.1 Å². The van der Waals surface area contributed by atoms with Crippen molar-refractivity contribution in [3.63, 3.8) is 0 Å². The third kappa shape index (κ3) is 2.29. The van der Waals surface area contributed by atoms with E-state index in [4.69, 9.17) is 5.73 Å². The second-order valence-corrected chi connectivity index (χ2v) is 4.92. The highest BCUT2D eigenvalue weighted by molar-refractivity contribution is 5.73. The number of carbonyl (C=O) groups excluding carboxylic acids is 1. The van der Waals surface area contributed by atoms with Crippen LogP contribution >= 0.6 is 0 Å². The van der Waals surface area contributed by atoms with Gasteiger partial charge in [-0.2, -0.15) is 5.10 Å². The van der Waals surface area contributed by atoms with Gasteiger partial charge in [0.15, 0.2) is 0 Å². The molecule has 1 aliphatic heterocycles. The molecule has 0 spiro atoms. The van der Waals surface area contributed by atoms with Gasteiger partial charge in [0.1, 0.15) is 11.4 Å². The summed E-state index contributed by atoms with van der Waals surface area (Å²) >= 11 is 0. The van der Waals surface area contributed by atoms with Crippen LogP contribution in [-0.4, -0.2) is 37.2 Å². The van der Waals surface area contributed by atoms with Crippen molar-refractivity contribution in [2.75, 3.05) is 6.54 Å². The van der Waals surface area contributed by atoms with Crippen LogP contribution in [0, 0.1) is 0 Å². The van der Waals surface area contributed by atoms with Crippen LogP contribution in [0.1, 0.15) is 17.7 Å². The third-order valence-corrected chi connectivity index (χ3v) is 3.42. The summed E-state index contributed by atoms with van der Waals surface area (Å²) in [5.74, 6) is -0.316. The Labute approximate surface area is 115 Å². The standard InChI is InChI=1S/C12H17N7O/c1-18-7-9(15-17-18)12-8-6-14-4-2-10(8)19(16-12)5-3-11(13)20/h7,14H,2-6H2,1H3,(H2,13,20). The molecule has 0 atom stereocenters. The van der Waals surface area contributed by atoms with Gasteiger partial charge in [0.05, 0.1) is 6.20 Å². The Morgan fingerprint density at radius 2 is 2.40 bits per heavy atom. The zero-order chi connectivity index (χ0) is 14.1. The minimum atomic E-state index is -0.316. The molecule has 0 saturated heterocycles. The summed E-state index contributed by atoms with van der Waals surface area (Å²) in [5.41, 5.74) is 9.11. The molecule has 106 valence electrons. The topological polar surface area (TPSA) is 104 Å². The molecule has 3 rings (SSSR count). The van der Waals surface area contributed by atoms with Crippen molar-refractivity contribution in [2.45, 2.75) is 25.9 Å². The van der Waals surface area contributed by atoms with Gasteiger partial charge in [-0.3, -0.25) is 14.2 Å². The normalized spacial score (nSPS) is 14.2. The van der Waals surface area contributed by atoms with Crippen molar-refractivity contribution < 1.29 is 4.79 Å². The third-order valence-electron chi connectivity index (χ3n) is 3.42. The van der Waals surface area contributed by atoms with E-state index in [9.17, 15) is 4.79 Å². The van der Waals surface area contributed by atoms with E-state index in [-0.39, 0.29) is 5.91 Å². The second kappa shape index (κ2) is 5.04. The molecule has 0 radical (unpaired) electrons. The predicted octanol–water partition coefficient (Wildman–Crippen LogP) is -0.800. The second-order valence-electron chi connectivity index (χ2n) is 4.92. The first-order valence-electron chi connectivity index (χ1n) is 6.59. The number of carbonyl (C=O) groups is 1. The molecule has 0 aromatic carbocycles. The van der Waals surface area contributed by atoms with Crippen molar-refractivity contribution in [3.8, 4) is 11.4 Å². The van der Waals surface area contributed by atoms with Crippen LogP contribution in [0.3, 0.4) is 0 Å². The monoisotopic (exact) mass is 275 g/mol. The lowest BCUT2D eigenvalue weighted by Crippen LogP contribution is -2.25. The Balaban J connectivity index is 1.99. The summed E-state index contributed by atoms with van der Waals surface area (Å²) in [5, 5.41) is 16.0. The van der Waals surface area contributed by atoms with Crippen LogP contribution in [0.2, 0.25) is 0 Å². The minimum Gasteiger partial charge on any atom is -0.370 e. The smallest absolute Gasteiger partial charge is 0.219 e. The molecule has 0 fully saturated rings. The van der Waals surface area contributed by atoms with Crippen molar-refractivity contribution in [2.24, 2.45) is 12.8 Å². The molecule has 1 amide bonds. The number of nitrogens with zero attached hydrogens (tertiary/aromatic N) is 5. The van der Waals surface area contributed by atoms with Gasteiger partial charge in [-0.25, -0.2) is 0 Å². The van der Waals surface area contributed by atoms with E-state index in [1.165, 1.54) is 0 Å². The van der Waals surface area contributed by atoms with Gasteiger partial charge in [0.25, 0.3) is 0 Å². The lowest BCUT2D eigenvalue weighted by atomic mass is 10.1. The number of aromatic nitrogens is 5. The van der Waals surface area contributed by atoms with Crippen LogP contribution in [0.4, 0.5) is 0 Å². The van der Waals surface area contributed by atoms with E-state index < -0.39 is 0 Å². The Hall–Kier alpha value is -2.22. The lowest BCUT2D eigenvalue weighted by molar-refractivity contribution is -0.118. The molecule has 0 saturated carbocycles. The molecule has 0 unspecified atom stereocenters. The first-order chi connectivity index (χ1) is 9.65. The van der Waals surface area contributed by atoms with Gasteiger partial charge in [-0.1, -0.05) is 5.21 Å². The molecule has 0 bridgehead atoms. The summed E-state index contributed by atoms with van der Waals surface area (Å²) in [4.78, 5) is 11.0. The zero-order valence-electron chi connectivity index (χ0n) is 11.3. The number of primary amides is 1. The molecule has 3 N–H and O–H groups in total. The van der Waals surface area contributed by atoms with Crippen LogP contribution in [-0.2, 0) is 31.4 Å². The lowest BCUT2D eigenvalue weighted by Gasteiger charge is -2.15. The van der Waals surface area contributed by atoms with E-state index in [1.54, 1.807) is 4.68 Å². The highest BCUT2D eigenvalue weighted by Crippen LogP contribution is 2.26. The fraction of sp³-hybridized carbons (Fsp3) is 0.500.